The molecule has 0 spiro atoms. The van der Waals surface area contributed by atoms with E-state index in [9.17, 15) is 0 Å². The Labute approximate surface area is 120 Å². The average molecular weight is 281 g/mol. The third kappa shape index (κ3) is 4.33. The van der Waals surface area contributed by atoms with Gasteiger partial charge in [0.2, 0.25) is 0 Å². The van der Waals surface area contributed by atoms with Crippen molar-refractivity contribution in [1.29, 1.82) is 5.26 Å². The Balaban J connectivity index is 2.05. The minimum absolute atomic E-state index is 0.122. The van der Waals surface area contributed by atoms with Crippen molar-refractivity contribution in [2.75, 3.05) is 5.43 Å². The van der Waals surface area contributed by atoms with Crippen LogP contribution in [0.25, 0.3) is 0 Å². The molecule has 0 aliphatic heterocycles. The average Bonchev–Trinajstić information content (AvgIpc) is 2.51. The van der Waals surface area contributed by atoms with Crippen LogP contribution in [0.1, 0.15) is 0 Å². The highest BCUT2D eigenvalue weighted by Gasteiger charge is 1.96. The van der Waals surface area contributed by atoms with Gasteiger partial charge in [0.1, 0.15) is 17.6 Å². The second-order valence-electron chi connectivity index (χ2n) is 3.92. The topological polar surface area (TPSA) is 113 Å². The van der Waals surface area contributed by atoms with Crippen LogP contribution in [-0.4, -0.2) is 16.0 Å². The predicted molar refractivity (Wildman–Crippen MR) is 77.4 cm³/mol. The van der Waals surface area contributed by atoms with E-state index < -0.39 is 0 Å². The molecule has 2 aromatic rings. The molecule has 0 unspecified atom stereocenters. The van der Waals surface area contributed by atoms with Crippen LogP contribution in [0.3, 0.4) is 0 Å². The molecule has 0 amide bonds. The number of hydrazone groups is 1. The molecule has 104 valence electrons. The number of rotatable bonds is 3. The van der Waals surface area contributed by atoms with Crippen molar-refractivity contribution in [2.24, 2.45) is 15.3 Å². The number of azo groups is 1. The largest absolute Gasteiger partial charge is 0.508 e. The fraction of sp³-hybridized carbons (Fsp3) is 0. The predicted octanol–water partition coefficient (Wildman–Crippen LogP) is 3.13. The van der Waals surface area contributed by atoms with Crippen LogP contribution in [0.2, 0.25) is 0 Å². The van der Waals surface area contributed by atoms with Crippen LogP contribution in [0, 0.1) is 11.3 Å². The van der Waals surface area contributed by atoms with Crippen LogP contribution in [0.15, 0.2) is 63.9 Å². The molecule has 0 atom stereocenters. The normalized spacial score (nSPS) is 11.3. The number of nitriles is 1. The van der Waals surface area contributed by atoms with E-state index in [1.54, 1.807) is 30.3 Å². The van der Waals surface area contributed by atoms with Gasteiger partial charge in [-0.25, -0.2) is 0 Å². The maximum atomic E-state index is 9.14. The Morgan fingerprint density at radius 1 is 0.952 bits per heavy atom. The van der Waals surface area contributed by atoms with E-state index in [1.807, 2.05) is 0 Å². The monoisotopic (exact) mass is 281 g/mol. The smallest absolute Gasteiger partial charge is 0.270 e. The van der Waals surface area contributed by atoms with Crippen LogP contribution in [-0.2, 0) is 0 Å². The zero-order valence-electron chi connectivity index (χ0n) is 10.8. The van der Waals surface area contributed by atoms with E-state index in [0.29, 0.717) is 11.4 Å². The van der Waals surface area contributed by atoms with E-state index in [0.717, 1.165) is 0 Å². The summed E-state index contributed by atoms with van der Waals surface area (Å²) in [6.07, 6.45) is 0. The van der Waals surface area contributed by atoms with Crippen molar-refractivity contribution in [2.45, 2.75) is 0 Å². The molecule has 0 saturated heterocycles. The first kappa shape index (κ1) is 14.0. The molecule has 7 heteroatoms. The molecule has 0 aliphatic rings. The summed E-state index contributed by atoms with van der Waals surface area (Å²) in [5, 5.41) is 38.5. The van der Waals surface area contributed by atoms with Crippen LogP contribution in [0.5, 0.6) is 11.5 Å². The number of phenols is 2. The number of aromatic hydroxyl groups is 2. The summed E-state index contributed by atoms with van der Waals surface area (Å²) in [6.45, 7) is 0. The summed E-state index contributed by atoms with van der Waals surface area (Å²) in [5.41, 5.74) is 3.71. The molecule has 2 aromatic carbocycles. The van der Waals surface area contributed by atoms with Gasteiger partial charge in [-0.2, -0.15) is 5.26 Å². The molecule has 0 radical (unpaired) electrons. The Kier molecular flexibility index (Phi) is 4.46. The Morgan fingerprint density at radius 2 is 1.52 bits per heavy atom. The third-order valence-electron chi connectivity index (χ3n) is 2.37. The summed E-state index contributed by atoms with van der Waals surface area (Å²) in [5.74, 6) is 0.102. The van der Waals surface area contributed by atoms with Gasteiger partial charge < -0.3 is 10.2 Å². The van der Waals surface area contributed by atoms with Crippen LogP contribution in [0.4, 0.5) is 11.4 Å². The van der Waals surface area contributed by atoms with Crippen molar-refractivity contribution in [3.8, 4) is 17.6 Å². The maximum absolute atomic E-state index is 9.14. The molecule has 3 N–H and O–H groups in total. The van der Waals surface area contributed by atoms with Gasteiger partial charge in [0.25, 0.3) is 5.84 Å². The first-order chi connectivity index (χ1) is 10.2. The highest BCUT2D eigenvalue weighted by Crippen LogP contribution is 2.17. The third-order valence-corrected chi connectivity index (χ3v) is 2.37. The molecule has 7 nitrogen and oxygen atoms in total. The number of benzene rings is 2. The number of anilines is 1. The van der Waals surface area contributed by atoms with Gasteiger partial charge in [0.05, 0.1) is 11.4 Å². The highest BCUT2D eigenvalue weighted by atomic mass is 16.3. The van der Waals surface area contributed by atoms with E-state index in [4.69, 9.17) is 15.5 Å². The van der Waals surface area contributed by atoms with Crippen molar-refractivity contribution in [1.82, 2.24) is 0 Å². The molecule has 0 aromatic heterocycles. The van der Waals surface area contributed by atoms with E-state index in [1.165, 1.54) is 24.3 Å². The zero-order chi connectivity index (χ0) is 15.1. The second-order valence-corrected chi connectivity index (χ2v) is 3.92. The number of nitrogens with one attached hydrogen (secondary N) is 1. The molecule has 2 rings (SSSR count). The molecular weight excluding hydrogens is 270 g/mol. The number of hydrogen-bond acceptors (Lipinski definition) is 6. The van der Waals surface area contributed by atoms with Gasteiger partial charge in [-0.15, -0.1) is 15.3 Å². The Bertz CT molecular complexity index is 700. The van der Waals surface area contributed by atoms with Crippen molar-refractivity contribution >= 4 is 17.2 Å². The van der Waals surface area contributed by atoms with Crippen molar-refractivity contribution in [3.63, 3.8) is 0 Å². The van der Waals surface area contributed by atoms with E-state index in [2.05, 4.69) is 20.8 Å². The lowest BCUT2D eigenvalue weighted by Gasteiger charge is -1.99. The van der Waals surface area contributed by atoms with Gasteiger partial charge in [-0.3, -0.25) is 5.43 Å². The van der Waals surface area contributed by atoms with E-state index in [-0.39, 0.29) is 17.3 Å². The van der Waals surface area contributed by atoms with Crippen molar-refractivity contribution in [3.05, 3.63) is 48.5 Å². The lowest BCUT2D eigenvalue weighted by molar-refractivity contribution is 0.475. The van der Waals surface area contributed by atoms with Gasteiger partial charge in [0.15, 0.2) is 0 Å². The van der Waals surface area contributed by atoms with Crippen LogP contribution >= 0.6 is 0 Å². The lowest BCUT2D eigenvalue weighted by atomic mass is 10.3. The molecule has 0 aliphatic carbocycles. The summed E-state index contributed by atoms with van der Waals surface area (Å²) in [6, 6.07) is 14.0. The standard InChI is InChI=1S/C14H11N5O2/c15-9-14(18-16-10-1-5-12(20)6-2-10)19-17-11-3-7-13(21)8-4-11/h1-8,16,20-21H/b18-14+,19-17?. The maximum Gasteiger partial charge on any atom is 0.270 e. The number of hydrogen-bond donors (Lipinski definition) is 3. The molecule has 0 fully saturated rings. The summed E-state index contributed by atoms with van der Waals surface area (Å²) in [4.78, 5) is 0. The molecule has 21 heavy (non-hydrogen) atoms. The summed E-state index contributed by atoms with van der Waals surface area (Å²) >= 11 is 0. The fourth-order valence-corrected chi connectivity index (χ4v) is 1.35. The lowest BCUT2D eigenvalue weighted by Crippen LogP contribution is -1.95. The molecule has 0 bridgehead atoms. The van der Waals surface area contributed by atoms with Gasteiger partial charge in [0, 0.05) is 0 Å². The SMILES string of the molecule is N#C/C(N=Nc1ccc(O)cc1)=N\Nc1ccc(O)cc1. The molecule has 0 heterocycles. The van der Waals surface area contributed by atoms with Crippen LogP contribution < -0.4 is 5.43 Å². The minimum Gasteiger partial charge on any atom is -0.508 e. The van der Waals surface area contributed by atoms with Gasteiger partial charge in [-0.1, -0.05) is 0 Å². The fourth-order valence-electron chi connectivity index (χ4n) is 1.35. The number of nitrogens with zero attached hydrogens (tertiary/aromatic N) is 4. The first-order valence-corrected chi connectivity index (χ1v) is 5.91. The first-order valence-electron chi connectivity index (χ1n) is 5.91. The summed E-state index contributed by atoms with van der Waals surface area (Å²) in [7, 11) is 0. The second kappa shape index (κ2) is 6.68. The highest BCUT2D eigenvalue weighted by molar-refractivity contribution is 5.97. The number of amidine groups is 1. The van der Waals surface area contributed by atoms with Crippen molar-refractivity contribution < 1.29 is 10.2 Å². The molecular formula is C14H11N5O2. The van der Waals surface area contributed by atoms with Gasteiger partial charge in [-0.05, 0) is 48.5 Å². The quantitative estimate of drug-likeness (QED) is 0.263. The zero-order valence-corrected chi connectivity index (χ0v) is 10.8. The van der Waals surface area contributed by atoms with Gasteiger partial charge >= 0.3 is 0 Å². The molecule has 0 saturated carbocycles. The van der Waals surface area contributed by atoms with E-state index >= 15 is 0 Å². The minimum atomic E-state index is -0.156. The Morgan fingerprint density at radius 3 is 2.10 bits per heavy atom. The number of phenolic OH excluding ortho intramolecular Hbond substituents is 2. The summed E-state index contributed by atoms with van der Waals surface area (Å²) < 4.78 is 0. The Hall–Kier alpha value is -3.40.